The smallest absolute Gasteiger partial charge is 0.0803 e. The minimum Gasteiger partial charge on any atom is -0.194 e. The van der Waals surface area contributed by atoms with Crippen LogP contribution in [0.2, 0.25) is 0 Å². The first kappa shape index (κ1) is 15.1. The Labute approximate surface area is 116 Å². The van der Waals surface area contributed by atoms with Gasteiger partial charge in [0.1, 0.15) is 0 Å². The molecule has 2 heteroatoms. The third-order valence-corrected chi connectivity index (χ3v) is 3.76. The average Bonchev–Trinajstić information content (AvgIpc) is 2.41. The van der Waals surface area contributed by atoms with Gasteiger partial charge in [-0.05, 0) is 60.5 Å². The van der Waals surface area contributed by atoms with E-state index in [0.29, 0.717) is 5.92 Å². The van der Waals surface area contributed by atoms with Gasteiger partial charge in [0.15, 0.2) is 0 Å². The summed E-state index contributed by atoms with van der Waals surface area (Å²) in [5.74, 6) is 0.658. The zero-order valence-electron chi connectivity index (χ0n) is 11.9. The van der Waals surface area contributed by atoms with Gasteiger partial charge in [0.25, 0.3) is 0 Å². The Morgan fingerprint density at radius 3 is 1.89 bits per heavy atom. The third-order valence-electron chi connectivity index (χ3n) is 3.67. The summed E-state index contributed by atoms with van der Waals surface area (Å²) in [6.07, 6.45) is 4.38. The first-order valence-electron chi connectivity index (χ1n) is 6.95. The molecule has 0 aliphatic heterocycles. The molecule has 1 aromatic rings. The van der Waals surface area contributed by atoms with Gasteiger partial charge in [-0.15, -0.1) is 0 Å². The molecule has 0 saturated carbocycles. The van der Waals surface area contributed by atoms with Crippen molar-refractivity contribution in [3.63, 3.8) is 0 Å². The minimum atomic E-state index is 0.658. The van der Waals surface area contributed by atoms with E-state index in [-0.39, 0.29) is 0 Å². The largest absolute Gasteiger partial charge is 0.194 e. The van der Waals surface area contributed by atoms with Crippen molar-refractivity contribution in [2.75, 3.05) is 0 Å². The van der Waals surface area contributed by atoms with Crippen LogP contribution in [-0.2, 0) is 12.8 Å². The standard InChI is InChI=1S/C16H23NS/c1-5-12(6-2)15-9-13(7-3)16(17-11-18)14(8-4)10-15/h9-10,12H,5-8H2,1-4H3. The molecule has 0 fully saturated rings. The van der Waals surface area contributed by atoms with E-state index in [9.17, 15) is 0 Å². The first-order chi connectivity index (χ1) is 8.71. The number of thiocarbonyl (C=S) groups is 1. The predicted octanol–water partition coefficient (Wildman–Crippen LogP) is 5.45. The maximum atomic E-state index is 4.76. The SMILES string of the molecule is CCc1cc(C(CC)CC)cc(CC)c1N=C=S. The summed E-state index contributed by atoms with van der Waals surface area (Å²) in [6, 6.07) is 4.62. The molecular weight excluding hydrogens is 238 g/mol. The van der Waals surface area contributed by atoms with E-state index in [1.165, 1.54) is 29.5 Å². The van der Waals surface area contributed by atoms with Gasteiger partial charge < -0.3 is 0 Å². The van der Waals surface area contributed by atoms with Crippen LogP contribution in [-0.4, -0.2) is 5.16 Å². The van der Waals surface area contributed by atoms with Crippen molar-refractivity contribution in [3.05, 3.63) is 28.8 Å². The van der Waals surface area contributed by atoms with E-state index in [2.05, 4.69) is 50.0 Å². The quantitative estimate of drug-likeness (QED) is 0.490. The predicted molar refractivity (Wildman–Crippen MR) is 83.2 cm³/mol. The number of rotatable bonds is 6. The van der Waals surface area contributed by atoms with Gasteiger partial charge in [-0.1, -0.05) is 39.8 Å². The highest BCUT2D eigenvalue weighted by molar-refractivity contribution is 7.78. The number of hydrogen-bond donors (Lipinski definition) is 0. The van der Waals surface area contributed by atoms with E-state index >= 15 is 0 Å². The van der Waals surface area contributed by atoms with Crippen molar-refractivity contribution in [2.45, 2.75) is 59.3 Å². The molecule has 0 bridgehead atoms. The van der Waals surface area contributed by atoms with Crippen molar-refractivity contribution in [1.29, 1.82) is 0 Å². The van der Waals surface area contributed by atoms with Gasteiger partial charge in [-0.3, -0.25) is 0 Å². The van der Waals surface area contributed by atoms with Crippen LogP contribution in [0.1, 0.15) is 63.1 Å². The van der Waals surface area contributed by atoms with Crippen molar-refractivity contribution in [1.82, 2.24) is 0 Å². The van der Waals surface area contributed by atoms with Crippen LogP contribution in [0.25, 0.3) is 0 Å². The lowest BCUT2D eigenvalue weighted by atomic mass is 9.89. The van der Waals surface area contributed by atoms with Gasteiger partial charge in [0.2, 0.25) is 0 Å². The molecular formula is C16H23NS. The zero-order valence-corrected chi connectivity index (χ0v) is 12.7. The molecule has 1 aromatic carbocycles. The van der Waals surface area contributed by atoms with Crippen LogP contribution in [0.15, 0.2) is 17.1 Å². The van der Waals surface area contributed by atoms with Gasteiger partial charge in [-0.25, -0.2) is 0 Å². The molecule has 98 valence electrons. The molecule has 0 amide bonds. The average molecular weight is 261 g/mol. The molecule has 0 N–H and O–H groups in total. The van der Waals surface area contributed by atoms with E-state index in [1.807, 2.05) is 0 Å². The van der Waals surface area contributed by atoms with Crippen LogP contribution in [0.4, 0.5) is 5.69 Å². The fourth-order valence-electron chi connectivity index (χ4n) is 2.51. The Morgan fingerprint density at radius 2 is 1.56 bits per heavy atom. The molecule has 0 atom stereocenters. The summed E-state index contributed by atoms with van der Waals surface area (Å²) >= 11 is 4.76. The van der Waals surface area contributed by atoms with Crippen LogP contribution in [0.5, 0.6) is 0 Å². The molecule has 1 nitrogen and oxygen atoms in total. The topological polar surface area (TPSA) is 12.4 Å². The normalized spacial score (nSPS) is 10.5. The summed E-state index contributed by atoms with van der Waals surface area (Å²) < 4.78 is 0. The molecule has 0 aromatic heterocycles. The monoisotopic (exact) mass is 261 g/mol. The maximum absolute atomic E-state index is 4.76. The number of isothiocyanates is 1. The number of benzene rings is 1. The van der Waals surface area contributed by atoms with Gasteiger partial charge in [0, 0.05) is 0 Å². The second-order valence-electron chi connectivity index (χ2n) is 4.61. The fourth-order valence-corrected chi connectivity index (χ4v) is 2.60. The fraction of sp³-hybridized carbons (Fsp3) is 0.562. The summed E-state index contributed by atoms with van der Waals surface area (Å²) in [5.41, 5.74) is 5.10. The molecule has 0 heterocycles. The van der Waals surface area contributed by atoms with Crippen LogP contribution < -0.4 is 0 Å². The maximum Gasteiger partial charge on any atom is 0.0803 e. The summed E-state index contributed by atoms with van der Waals surface area (Å²) in [6.45, 7) is 8.87. The molecule has 0 radical (unpaired) electrons. The Morgan fingerprint density at radius 1 is 1.06 bits per heavy atom. The molecule has 1 rings (SSSR count). The molecule has 0 spiro atoms. The lowest BCUT2D eigenvalue weighted by Gasteiger charge is -2.17. The highest BCUT2D eigenvalue weighted by Crippen LogP contribution is 2.32. The highest BCUT2D eigenvalue weighted by atomic mass is 32.1. The minimum absolute atomic E-state index is 0.658. The van der Waals surface area contributed by atoms with E-state index < -0.39 is 0 Å². The van der Waals surface area contributed by atoms with Crippen LogP contribution in [0, 0.1) is 0 Å². The number of aliphatic imine (C=N–C) groups is 1. The van der Waals surface area contributed by atoms with E-state index in [4.69, 9.17) is 12.2 Å². The number of hydrogen-bond acceptors (Lipinski definition) is 2. The van der Waals surface area contributed by atoms with Gasteiger partial charge in [0.05, 0.1) is 10.8 Å². The number of nitrogens with zero attached hydrogens (tertiary/aromatic N) is 1. The lowest BCUT2D eigenvalue weighted by Crippen LogP contribution is -1.99. The Kier molecular flexibility index (Phi) is 6.24. The van der Waals surface area contributed by atoms with E-state index in [0.717, 1.165) is 18.5 Å². The summed E-state index contributed by atoms with van der Waals surface area (Å²) in [4.78, 5) is 4.27. The third kappa shape index (κ3) is 3.28. The zero-order chi connectivity index (χ0) is 13.5. The van der Waals surface area contributed by atoms with Crippen LogP contribution >= 0.6 is 12.2 Å². The van der Waals surface area contributed by atoms with Crippen molar-refractivity contribution in [2.24, 2.45) is 4.99 Å². The molecule has 0 unspecified atom stereocenters. The lowest BCUT2D eigenvalue weighted by molar-refractivity contribution is 0.640. The second-order valence-corrected chi connectivity index (χ2v) is 4.79. The Bertz CT molecular complexity index is 415. The summed E-state index contributed by atoms with van der Waals surface area (Å²) in [7, 11) is 0. The highest BCUT2D eigenvalue weighted by Gasteiger charge is 2.13. The first-order valence-corrected chi connectivity index (χ1v) is 7.35. The molecule has 18 heavy (non-hydrogen) atoms. The molecule has 0 aliphatic rings. The Balaban J connectivity index is 3.38. The van der Waals surface area contributed by atoms with Crippen molar-refractivity contribution in [3.8, 4) is 0 Å². The molecule has 0 saturated heterocycles. The Hall–Kier alpha value is -0.980. The number of aryl methyl sites for hydroxylation is 2. The van der Waals surface area contributed by atoms with Crippen molar-refractivity contribution >= 4 is 23.1 Å². The van der Waals surface area contributed by atoms with Crippen molar-refractivity contribution < 1.29 is 0 Å². The van der Waals surface area contributed by atoms with E-state index in [1.54, 1.807) is 0 Å². The van der Waals surface area contributed by atoms with Gasteiger partial charge >= 0.3 is 0 Å². The summed E-state index contributed by atoms with van der Waals surface area (Å²) in [5, 5.41) is 2.52. The molecule has 0 aliphatic carbocycles. The van der Waals surface area contributed by atoms with Gasteiger partial charge in [-0.2, -0.15) is 4.99 Å². The second kappa shape index (κ2) is 7.45. The van der Waals surface area contributed by atoms with Crippen LogP contribution in [0.3, 0.4) is 0 Å².